The average molecular weight is 141 g/mol. The summed E-state index contributed by atoms with van der Waals surface area (Å²) in [5.74, 6) is 2.72. The van der Waals surface area contributed by atoms with Gasteiger partial charge in [0.15, 0.2) is 0 Å². The molecule has 2 atom stereocenters. The second-order valence-electron chi connectivity index (χ2n) is 4.03. The van der Waals surface area contributed by atoms with E-state index in [2.05, 4.69) is 26.1 Å². The largest absolute Gasteiger partial charge is 0.316 e. The van der Waals surface area contributed by atoms with E-state index in [1.54, 1.807) is 0 Å². The van der Waals surface area contributed by atoms with Crippen LogP contribution in [-0.2, 0) is 0 Å². The normalized spacial score (nSPS) is 33.6. The molecule has 0 aromatic rings. The van der Waals surface area contributed by atoms with Crippen LogP contribution >= 0.6 is 0 Å². The van der Waals surface area contributed by atoms with Crippen LogP contribution < -0.4 is 5.32 Å². The Morgan fingerprint density at radius 3 is 2.50 bits per heavy atom. The van der Waals surface area contributed by atoms with Gasteiger partial charge in [-0.15, -0.1) is 0 Å². The summed E-state index contributed by atoms with van der Waals surface area (Å²) in [5.41, 5.74) is 0. The van der Waals surface area contributed by atoms with E-state index in [-0.39, 0.29) is 0 Å². The van der Waals surface area contributed by atoms with E-state index in [9.17, 15) is 0 Å². The van der Waals surface area contributed by atoms with Gasteiger partial charge in [-0.2, -0.15) is 0 Å². The second-order valence-corrected chi connectivity index (χ2v) is 4.03. The number of hydrogen-bond donors (Lipinski definition) is 1. The summed E-state index contributed by atoms with van der Waals surface area (Å²) in [6, 6.07) is 0. The maximum absolute atomic E-state index is 3.43. The Kier molecular flexibility index (Phi) is 2.72. The monoisotopic (exact) mass is 141 g/mol. The lowest BCUT2D eigenvalue weighted by Crippen LogP contribution is -2.12. The van der Waals surface area contributed by atoms with Crippen molar-refractivity contribution in [2.75, 3.05) is 13.1 Å². The first-order valence-corrected chi connectivity index (χ1v) is 4.41. The molecular formula is C9H19N. The van der Waals surface area contributed by atoms with Gasteiger partial charge >= 0.3 is 0 Å². The van der Waals surface area contributed by atoms with Crippen LogP contribution in [0.1, 0.15) is 27.2 Å². The van der Waals surface area contributed by atoms with E-state index < -0.39 is 0 Å². The molecule has 0 aromatic carbocycles. The van der Waals surface area contributed by atoms with Gasteiger partial charge in [0.1, 0.15) is 0 Å². The molecule has 1 heterocycles. The molecular weight excluding hydrogens is 122 g/mol. The van der Waals surface area contributed by atoms with E-state index in [0.717, 1.165) is 17.8 Å². The minimum absolute atomic E-state index is 0.868. The molecule has 0 spiro atoms. The Balaban J connectivity index is 2.26. The standard InChI is InChI=1S/C9H19N/c1-7(2)4-9-6-10-5-8(9)3/h7-10H,4-6H2,1-3H3/t8-,9-/m1/s1. The third-order valence-electron chi connectivity index (χ3n) is 2.45. The molecule has 1 heteroatoms. The molecule has 0 bridgehead atoms. The Morgan fingerprint density at radius 2 is 2.10 bits per heavy atom. The van der Waals surface area contributed by atoms with Crippen molar-refractivity contribution in [2.45, 2.75) is 27.2 Å². The fourth-order valence-electron chi connectivity index (χ4n) is 1.79. The number of nitrogens with one attached hydrogen (secondary N) is 1. The summed E-state index contributed by atoms with van der Waals surface area (Å²) in [7, 11) is 0. The summed E-state index contributed by atoms with van der Waals surface area (Å²) < 4.78 is 0. The first kappa shape index (κ1) is 8.06. The van der Waals surface area contributed by atoms with Gasteiger partial charge in [-0.3, -0.25) is 0 Å². The van der Waals surface area contributed by atoms with Crippen LogP contribution in [0.4, 0.5) is 0 Å². The van der Waals surface area contributed by atoms with Gasteiger partial charge in [-0.1, -0.05) is 20.8 Å². The number of hydrogen-bond acceptors (Lipinski definition) is 1. The van der Waals surface area contributed by atoms with Crippen LogP contribution in [0.3, 0.4) is 0 Å². The molecule has 1 rings (SSSR count). The Morgan fingerprint density at radius 1 is 1.40 bits per heavy atom. The van der Waals surface area contributed by atoms with Crippen molar-refractivity contribution >= 4 is 0 Å². The molecule has 0 radical (unpaired) electrons. The second kappa shape index (κ2) is 3.38. The fraction of sp³-hybridized carbons (Fsp3) is 1.00. The quantitative estimate of drug-likeness (QED) is 0.619. The van der Waals surface area contributed by atoms with Gasteiger partial charge < -0.3 is 5.32 Å². The highest BCUT2D eigenvalue weighted by atomic mass is 14.9. The van der Waals surface area contributed by atoms with Gasteiger partial charge in [0.05, 0.1) is 0 Å². The molecule has 0 aromatic heterocycles. The van der Waals surface area contributed by atoms with Crippen molar-refractivity contribution in [3.63, 3.8) is 0 Å². The maximum atomic E-state index is 3.43. The third-order valence-corrected chi connectivity index (χ3v) is 2.45. The SMILES string of the molecule is CC(C)C[C@@H]1CNC[C@H]1C. The molecule has 0 saturated carbocycles. The summed E-state index contributed by atoms with van der Waals surface area (Å²) in [6.45, 7) is 9.46. The molecule has 60 valence electrons. The topological polar surface area (TPSA) is 12.0 Å². The van der Waals surface area contributed by atoms with Gasteiger partial charge in [0, 0.05) is 0 Å². The highest BCUT2D eigenvalue weighted by Crippen LogP contribution is 2.22. The van der Waals surface area contributed by atoms with Crippen molar-refractivity contribution in [1.82, 2.24) is 5.32 Å². The van der Waals surface area contributed by atoms with Crippen LogP contribution in [0, 0.1) is 17.8 Å². The highest BCUT2D eigenvalue weighted by molar-refractivity contribution is 4.78. The number of rotatable bonds is 2. The summed E-state index contributed by atoms with van der Waals surface area (Å²) >= 11 is 0. The Hall–Kier alpha value is -0.0400. The fourth-order valence-corrected chi connectivity index (χ4v) is 1.79. The predicted octanol–water partition coefficient (Wildman–Crippen LogP) is 1.89. The van der Waals surface area contributed by atoms with Crippen molar-refractivity contribution in [3.05, 3.63) is 0 Å². The molecule has 0 amide bonds. The first-order valence-electron chi connectivity index (χ1n) is 4.41. The minimum Gasteiger partial charge on any atom is -0.316 e. The van der Waals surface area contributed by atoms with Gasteiger partial charge in [0.25, 0.3) is 0 Å². The predicted molar refractivity (Wildman–Crippen MR) is 45.0 cm³/mol. The summed E-state index contributed by atoms with van der Waals surface area (Å²) in [6.07, 6.45) is 1.40. The molecule has 0 aliphatic carbocycles. The van der Waals surface area contributed by atoms with E-state index in [1.807, 2.05) is 0 Å². The average Bonchev–Trinajstić information content (AvgIpc) is 2.15. The summed E-state index contributed by atoms with van der Waals surface area (Å²) in [4.78, 5) is 0. The van der Waals surface area contributed by atoms with Gasteiger partial charge in [-0.05, 0) is 37.3 Å². The van der Waals surface area contributed by atoms with Crippen LogP contribution in [0.25, 0.3) is 0 Å². The van der Waals surface area contributed by atoms with Crippen LogP contribution in [-0.4, -0.2) is 13.1 Å². The lowest BCUT2D eigenvalue weighted by atomic mass is 9.89. The zero-order valence-electron chi connectivity index (χ0n) is 7.35. The lowest BCUT2D eigenvalue weighted by Gasteiger charge is -2.15. The lowest BCUT2D eigenvalue weighted by molar-refractivity contribution is 0.366. The Bertz CT molecular complexity index is 98.9. The Labute approximate surface area is 64.2 Å². The van der Waals surface area contributed by atoms with Crippen molar-refractivity contribution in [1.29, 1.82) is 0 Å². The molecule has 1 aliphatic rings. The van der Waals surface area contributed by atoms with Crippen molar-refractivity contribution in [2.24, 2.45) is 17.8 Å². The van der Waals surface area contributed by atoms with E-state index in [1.165, 1.54) is 19.5 Å². The van der Waals surface area contributed by atoms with E-state index >= 15 is 0 Å². The zero-order valence-corrected chi connectivity index (χ0v) is 7.35. The smallest absolute Gasteiger partial charge is 0.00173 e. The van der Waals surface area contributed by atoms with Gasteiger partial charge in [0.2, 0.25) is 0 Å². The van der Waals surface area contributed by atoms with E-state index in [0.29, 0.717) is 0 Å². The van der Waals surface area contributed by atoms with E-state index in [4.69, 9.17) is 0 Å². The van der Waals surface area contributed by atoms with Crippen LogP contribution in [0.5, 0.6) is 0 Å². The first-order chi connectivity index (χ1) is 4.70. The zero-order chi connectivity index (χ0) is 7.56. The van der Waals surface area contributed by atoms with Gasteiger partial charge in [-0.25, -0.2) is 0 Å². The van der Waals surface area contributed by atoms with Crippen molar-refractivity contribution in [3.8, 4) is 0 Å². The summed E-state index contributed by atoms with van der Waals surface area (Å²) in [5, 5.41) is 3.43. The van der Waals surface area contributed by atoms with Crippen molar-refractivity contribution < 1.29 is 0 Å². The molecule has 1 saturated heterocycles. The minimum atomic E-state index is 0.868. The molecule has 0 unspecified atom stereocenters. The molecule has 1 aliphatic heterocycles. The highest BCUT2D eigenvalue weighted by Gasteiger charge is 2.22. The molecule has 1 nitrogen and oxygen atoms in total. The maximum Gasteiger partial charge on any atom is -0.00173 e. The van der Waals surface area contributed by atoms with Crippen LogP contribution in [0.15, 0.2) is 0 Å². The molecule has 1 N–H and O–H groups in total. The third kappa shape index (κ3) is 1.98. The molecule has 1 fully saturated rings. The molecule has 10 heavy (non-hydrogen) atoms. The van der Waals surface area contributed by atoms with Crippen LogP contribution in [0.2, 0.25) is 0 Å².